The number of H-pyrrole nitrogens is 3. The molecule has 5 nitrogen and oxygen atoms in total. The van der Waals surface area contributed by atoms with Crippen LogP contribution in [0.2, 0.25) is 0 Å². The summed E-state index contributed by atoms with van der Waals surface area (Å²) in [6.45, 7) is 2.06. The molecule has 3 aromatic heterocycles. The highest BCUT2D eigenvalue weighted by Gasteiger charge is 2.19. The Morgan fingerprint density at radius 2 is 1.70 bits per heavy atom. The van der Waals surface area contributed by atoms with Gasteiger partial charge in [-0.2, -0.15) is 0 Å². The zero-order chi connectivity index (χ0) is 18.5. The lowest BCUT2D eigenvalue weighted by Crippen LogP contribution is -2.02. The highest BCUT2D eigenvalue weighted by molar-refractivity contribution is 9.10. The van der Waals surface area contributed by atoms with Crippen LogP contribution in [0.5, 0.6) is 0 Å². The van der Waals surface area contributed by atoms with E-state index in [0.717, 1.165) is 37.5 Å². The summed E-state index contributed by atoms with van der Waals surface area (Å²) in [6, 6.07) is 12.0. The van der Waals surface area contributed by atoms with Crippen LogP contribution in [0.1, 0.15) is 21.7 Å². The van der Waals surface area contributed by atoms with Crippen LogP contribution in [-0.4, -0.2) is 25.7 Å². The molecule has 0 aliphatic carbocycles. The largest absolute Gasteiger partial charge is 0.360 e. The highest BCUT2D eigenvalue weighted by atomic mass is 79.9. The number of nitrogens with one attached hydrogen (secondary N) is 3. The third-order valence-electron chi connectivity index (χ3n) is 4.79. The van der Waals surface area contributed by atoms with E-state index in [0.29, 0.717) is 11.4 Å². The summed E-state index contributed by atoms with van der Waals surface area (Å²) in [5.74, 6) is 0.195. The van der Waals surface area contributed by atoms with E-state index in [2.05, 4.69) is 61.0 Å². The Labute approximate surface area is 163 Å². The molecule has 5 aromatic rings. The van der Waals surface area contributed by atoms with Crippen molar-refractivity contribution < 1.29 is 4.79 Å². The summed E-state index contributed by atoms with van der Waals surface area (Å²) in [7, 11) is 0. The van der Waals surface area contributed by atoms with Crippen LogP contribution < -0.4 is 0 Å². The molecule has 27 heavy (non-hydrogen) atoms. The lowest BCUT2D eigenvalue weighted by Gasteiger charge is -1.97. The number of hydrogen-bond donors (Lipinski definition) is 3. The monoisotopic (exact) mass is 418 g/mol. The molecule has 132 valence electrons. The highest BCUT2D eigenvalue weighted by Crippen LogP contribution is 2.29. The van der Waals surface area contributed by atoms with Gasteiger partial charge >= 0.3 is 0 Å². The molecule has 2 aromatic carbocycles. The topological polar surface area (TPSA) is 77.3 Å². The molecule has 0 unspecified atom stereocenters. The first-order chi connectivity index (χ1) is 13.1. The number of aryl methyl sites for hydroxylation is 1. The van der Waals surface area contributed by atoms with Gasteiger partial charge in [-0.25, -0.2) is 4.98 Å². The number of ketones is 1. The van der Waals surface area contributed by atoms with E-state index < -0.39 is 0 Å². The molecule has 0 aliphatic rings. The number of rotatable bonds is 3. The summed E-state index contributed by atoms with van der Waals surface area (Å²) in [4.78, 5) is 27.0. The number of carbonyl (C=O) groups excluding carboxylic acids is 1. The van der Waals surface area contributed by atoms with Gasteiger partial charge in [0.15, 0.2) is 5.82 Å². The van der Waals surface area contributed by atoms with E-state index in [4.69, 9.17) is 0 Å². The zero-order valence-electron chi connectivity index (χ0n) is 14.4. The molecular formula is C21H15BrN4O. The van der Waals surface area contributed by atoms with E-state index in [-0.39, 0.29) is 5.78 Å². The summed E-state index contributed by atoms with van der Waals surface area (Å²) in [5, 5.41) is 1.96. The van der Waals surface area contributed by atoms with Gasteiger partial charge in [0.05, 0.1) is 11.3 Å². The van der Waals surface area contributed by atoms with Crippen molar-refractivity contribution in [1.29, 1.82) is 0 Å². The number of carbonyl (C=O) groups is 1. The Morgan fingerprint density at radius 3 is 2.59 bits per heavy atom. The average molecular weight is 419 g/mol. The minimum atomic E-state index is -0.134. The Hall–Kier alpha value is -3.12. The van der Waals surface area contributed by atoms with Crippen molar-refractivity contribution in [3.05, 3.63) is 76.4 Å². The van der Waals surface area contributed by atoms with E-state index >= 15 is 0 Å². The number of halogens is 1. The van der Waals surface area contributed by atoms with Gasteiger partial charge in [-0.15, -0.1) is 0 Å². The van der Waals surface area contributed by atoms with Crippen molar-refractivity contribution in [1.82, 2.24) is 19.9 Å². The SMILES string of the molecule is Cc1ccc2c(-c3c[nH]c(C(=O)c4c[nH]c5cc(Br)ccc45)n3)c[nH]c2c1. The van der Waals surface area contributed by atoms with E-state index in [1.165, 1.54) is 5.56 Å². The minimum absolute atomic E-state index is 0.134. The Kier molecular flexibility index (Phi) is 3.55. The molecule has 0 saturated carbocycles. The van der Waals surface area contributed by atoms with Crippen LogP contribution in [0.15, 0.2) is 59.5 Å². The molecule has 0 atom stereocenters. The lowest BCUT2D eigenvalue weighted by atomic mass is 10.1. The predicted octanol–water partition coefficient (Wildman–Crippen LogP) is 5.34. The average Bonchev–Trinajstić information content (AvgIpc) is 3.37. The summed E-state index contributed by atoms with van der Waals surface area (Å²) in [6.07, 6.45) is 5.44. The van der Waals surface area contributed by atoms with Gasteiger partial charge in [-0.3, -0.25) is 4.79 Å². The Bertz CT molecular complexity index is 1320. The van der Waals surface area contributed by atoms with Crippen molar-refractivity contribution in [2.45, 2.75) is 6.92 Å². The minimum Gasteiger partial charge on any atom is -0.360 e. The fourth-order valence-electron chi connectivity index (χ4n) is 3.44. The van der Waals surface area contributed by atoms with Crippen LogP contribution >= 0.6 is 15.9 Å². The fraction of sp³-hybridized carbons (Fsp3) is 0.0476. The van der Waals surface area contributed by atoms with Gasteiger partial charge in [-0.05, 0) is 30.7 Å². The number of hydrogen-bond acceptors (Lipinski definition) is 2. The number of nitrogens with zero attached hydrogens (tertiary/aromatic N) is 1. The standard InChI is InChI=1S/C21H15BrN4O/c1-11-2-4-13-15(8-23-17(13)6-11)19-10-25-21(26-19)20(27)16-9-24-18-7-12(22)3-5-14(16)18/h2-10,23-24H,1H3,(H,25,26). The summed E-state index contributed by atoms with van der Waals surface area (Å²) in [5.41, 5.74) is 5.49. The normalized spacial score (nSPS) is 11.5. The second-order valence-electron chi connectivity index (χ2n) is 6.61. The molecule has 6 heteroatoms. The lowest BCUT2D eigenvalue weighted by molar-refractivity contribution is 0.103. The van der Waals surface area contributed by atoms with Crippen molar-refractivity contribution in [2.75, 3.05) is 0 Å². The molecule has 0 spiro atoms. The molecule has 0 radical (unpaired) electrons. The molecule has 0 aliphatic heterocycles. The molecule has 5 rings (SSSR count). The van der Waals surface area contributed by atoms with Crippen molar-refractivity contribution in [3.8, 4) is 11.3 Å². The van der Waals surface area contributed by atoms with Crippen LogP contribution in [0.25, 0.3) is 33.1 Å². The van der Waals surface area contributed by atoms with Gasteiger partial charge in [0.25, 0.3) is 0 Å². The molecule has 0 fully saturated rings. The third kappa shape index (κ3) is 2.61. The fourth-order valence-corrected chi connectivity index (χ4v) is 3.80. The summed E-state index contributed by atoms with van der Waals surface area (Å²) < 4.78 is 0.964. The Morgan fingerprint density at radius 1 is 0.926 bits per heavy atom. The maximum absolute atomic E-state index is 13.0. The van der Waals surface area contributed by atoms with Crippen LogP contribution in [0.3, 0.4) is 0 Å². The molecule has 0 bridgehead atoms. The first kappa shape index (κ1) is 16.1. The number of aromatic nitrogens is 4. The van der Waals surface area contributed by atoms with Gasteiger partial charge in [0, 0.05) is 50.4 Å². The van der Waals surface area contributed by atoms with Crippen LogP contribution in [-0.2, 0) is 0 Å². The van der Waals surface area contributed by atoms with E-state index in [1.54, 1.807) is 12.4 Å². The van der Waals surface area contributed by atoms with Gasteiger partial charge < -0.3 is 15.0 Å². The smallest absolute Gasteiger partial charge is 0.230 e. The zero-order valence-corrected chi connectivity index (χ0v) is 16.0. The second-order valence-corrected chi connectivity index (χ2v) is 7.52. The first-order valence-electron chi connectivity index (χ1n) is 8.55. The van der Waals surface area contributed by atoms with Gasteiger partial charge in [0.1, 0.15) is 0 Å². The maximum Gasteiger partial charge on any atom is 0.230 e. The number of benzene rings is 2. The first-order valence-corrected chi connectivity index (χ1v) is 9.34. The van der Waals surface area contributed by atoms with Gasteiger partial charge in [0.2, 0.25) is 5.78 Å². The number of imidazole rings is 1. The number of fused-ring (bicyclic) bond motifs is 2. The molecular weight excluding hydrogens is 404 g/mol. The van der Waals surface area contributed by atoms with E-state index in [1.807, 2.05) is 24.4 Å². The third-order valence-corrected chi connectivity index (χ3v) is 5.29. The van der Waals surface area contributed by atoms with Crippen LogP contribution in [0, 0.1) is 6.92 Å². The Balaban J connectivity index is 1.55. The van der Waals surface area contributed by atoms with Crippen molar-refractivity contribution in [2.24, 2.45) is 0 Å². The predicted molar refractivity (Wildman–Crippen MR) is 110 cm³/mol. The molecule has 0 amide bonds. The van der Waals surface area contributed by atoms with Gasteiger partial charge in [-0.1, -0.05) is 34.1 Å². The van der Waals surface area contributed by atoms with Crippen molar-refractivity contribution in [3.63, 3.8) is 0 Å². The number of aromatic amines is 3. The quantitative estimate of drug-likeness (QED) is 0.345. The maximum atomic E-state index is 13.0. The summed E-state index contributed by atoms with van der Waals surface area (Å²) >= 11 is 3.45. The van der Waals surface area contributed by atoms with Crippen molar-refractivity contribution >= 4 is 43.5 Å². The van der Waals surface area contributed by atoms with Crippen LogP contribution in [0.4, 0.5) is 0 Å². The van der Waals surface area contributed by atoms with E-state index in [9.17, 15) is 4.79 Å². The second kappa shape index (κ2) is 5.96. The molecule has 3 heterocycles. The molecule has 0 saturated heterocycles. The molecule has 3 N–H and O–H groups in total.